The molecule has 0 aromatic heterocycles. The van der Waals surface area contributed by atoms with Gasteiger partial charge in [0, 0.05) is 12.5 Å². The number of alkyl halides is 2. The van der Waals surface area contributed by atoms with Crippen molar-refractivity contribution in [3.05, 3.63) is 0 Å². The number of rotatable bonds is 14. The third-order valence-electron chi connectivity index (χ3n) is 6.19. The van der Waals surface area contributed by atoms with Crippen LogP contribution in [-0.4, -0.2) is 59.3 Å². The lowest BCUT2D eigenvalue weighted by Crippen LogP contribution is -2.58. The third kappa shape index (κ3) is 10.1. The van der Waals surface area contributed by atoms with E-state index in [-0.39, 0.29) is 23.8 Å². The second-order valence-electron chi connectivity index (χ2n) is 9.34. The van der Waals surface area contributed by atoms with Gasteiger partial charge in [0.1, 0.15) is 12.1 Å². The fourth-order valence-corrected chi connectivity index (χ4v) is 4.17. The van der Waals surface area contributed by atoms with Crippen LogP contribution in [0.25, 0.3) is 0 Å². The SMILES string of the molecule is CCC(C)[C@H](NC(C)C)C(=O)N[C@@H](CC1CCCCC1)C(=O)NC(CC(F)F)C(=O)C(=O)O. The van der Waals surface area contributed by atoms with E-state index >= 15 is 0 Å². The van der Waals surface area contributed by atoms with Crippen molar-refractivity contribution in [2.75, 3.05) is 0 Å². The molecule has 8 nitrogen and oxygen atoms in total. The number of carbonyl (C=O) groups is 4. The molecule has 33 heavy (non-hydrogen) atoms. The number of carboxylic acids is 1. The summed E-state index contributed by atoms with van der Waals surface area (Å²) in [7, 11) is 0. The zero-order valence-corrected chi connectivity index (χ0v) is 20.0. The molecule has 190 valence electrons. The molecule has 0 spiro atoms. The monoisotopic (exact) mass is 475 g/mol. The van der Waals surface area contributed by atoms with Crippen molar-refractivity contribution in [2.45, 2.75) is 110 Å². The standard InChI is InChI=1S/C23H39F2N3O5/c1-5-14(4)19(26-13(2)3)22(31)28-17(11-15-9-7-6-8-10-15)21(30)27-16(12-18(24)25)20(29)23(32)33/h13-19,26H,5-12H2,1-4H3,(H,27,30)(H,28,31)(H,32,33)/t14?,16?,17-,19-/m0/s1. The molecule has 4 N–H and O–H groups in total. The summed E-state index contributed by atoms with van der Waals surface area (Å²) >= 11 is 0. The maximum absolute atomic E-state index is 13.1. The molecule has 1 saturated carbocycles. The second kappa shape index (κ2) is 14.2. The quantitative estimate of drug-likeness (QED) is 0.286. The number of Topliss-reactive ketones (excluding diaryl/α,β-unsaturated/α-hetero) is 1. The topological polar surface area (TPSA) is 125 Å². The maximum Gasteiger partial charge on any atom is 0.374 e. The predicted octanol–water partition coefficient (Wildman–Crippen LogP) is 2.65. The first-order chi connectivity index (χ1) is 15.5. The van der Waals surface area contributed by atoms with Gasteiger partial charge >= 0.3 is 5.97 Å². The highest BCUT2D eigenvalue weighted by Gasteiger charge is 2.35. The van der Waals surface area contributed by atoms with Crippen LogP contribution in [0.15, 0.2) is 0 Å². The molecular formula is C23H39F2N3O5. The maximum atomic E-state index is 13.1. The number of amides is 2. The number of hydrogen-bond donors (Lipinski definition) is 4. The van der Waals surface area contributed by atoms with Crippen LogP contribution in [0.4, 0.5) is 8.78 Å². The zero-order valence-electron chi connectivity index (χ0n) is 20.0. The minimum Gasteiger partial charge on any atom is -0.475 e. The number of carbonyl (C=O) groups excluding carboxylic acids is 3. The van der Waals surface area contributed by atoms with Crippen molar-refractivity contribution in [1.29, 1.82) is 0 Å². The molecule has 0 bridgehead atoms. The molecule has 1 aliphatic rings. The van der Waals surface area contributed by atoms with E-state index in [0.29, 0.717) is 6.42 Å². The van der Waals surface area contributed by atoms with Gasteiger partial charge in [-0.1, -0.05) is 66.2 Å². The molecule has 0 saturated heterocycles. The summed E-state index contributed by atoms with van der Waals surface area (Å²) in [5.74, 6) is -4.47. The largest absolute Gasteiger partial charge is 0.475 e. The molecule has 0 radical (unpaired) electrons. The molecule has 1 fully saturated rings. The second-order valence-corrected chi connectivity index (χ2v) is 9.34. The van der Waals surface area contributed by atoms with Gasteiger partial charge in [0.05, 0.1) is 6.04 Å². The molecule has 0 aromatic carbocycles. The lowest BCUT2D eigenvalue weighted by atomic mass is 9.84. The summed E-state index contributed by atoms with van der Waals surface area (Å²) < 4.78 is 25.8. The van der Waals surface area contributed by atoms with Gasteiger partial charge in [0.15, 0.2) is 0 Å². The van der Waals surface area contributed by atoms with Gasteiger partial charge in [-0.3, -0.25) is 14.4 Å². The summed E-state index contributed by atoms with van der Waals surface area (Å²) in [5, 5.41) is 17.1. The van der Waals surface area contributed by atoms with E-state index in [9.17, 15) is 28.0 Å². The van der Waals surface area contributed by atoms with Crippen molar-refractivity contribution < 1.29 is 33.1 Å². The van der Waals surface area contributed by atoms with Crippen molar-refractivity contribution in [3.8, 4) is 0 Å². The van der Waals surface area contributed by atoms with Crippen molar-refractivity contribution >= 4 is 23.6 Å². The highest BCUT2D eigenvalue weighted by molar-refractivity contribution is 6.35. The van der Waals surface area contributed by atoms with Gasteiger partial charge in [-0.05, 0) is 18.3 Å². The highest BCUT2D eigenvalue weighted by Crippen LogP contribution is 2.27. The van der Waals surface area contributed by atoms with Gasteiger partial charge in [0.2, 0.25) is 18.2 Å². The van der Waals surface area contributed by atoms with Crippen LogP contribution in [0.2, 0.25) is 0 Å². The van der Waals surface area contributed by atoms with Crippen molar-refractivity contribution in [1.82, 2.24) is 16.0 Å². The molecule has 1 rings (SSSR count). The molecule has 2 amide bonds. The molecule has 0 aliphatic heterocycles. The van der Waals surface area contributed by atoms with E-state index in [1.54, 1.807) is 0 Å². The Morgan fingerprint density at radius 1 is 0.939 bits per heavy atom. The first kappa shape index (κ1) is 28.9. The molecular weight excluding hydrogens is 436 g/mol. The average molecular weight is 476 g/mol. The Kier molecular flexibility index (Phi) is 12.5. The number of carboxylic acid groups (broad SMARTS) is 1. The van der Waals surface area contributed by atoms with Crippen LogP contribution in [0.3, 0.4) is 0 Å². The first-order valence-electron chi connectivity index (χ1n) is 11.9. The molecule has 2 unspecified atom stereocenters. The summed E-state index contributed by atoms with van der Waals surface area (Å²) in [4.78, 5) is 49.0. The number of nitrogens with one attached hydrogen (secondary N) is 3. The van der Waals surface area contributed by atoms with Crippen molar-refractivity contribution in [2.24, 2.45) is 11.8 Å². The predicted molar refractivity (Wildman–Crippen MR) is 120 cm³/mol. The van der Waals surface area contributed by atoms with Gasteiger partial charge in [-0.2, -0.15) is 0 Å². The molecule has 1 aliphatic carbocycles. The van der Waals surface area contributed by atoms with Crippen LogP contribution in [0.1, 0.15) is 79.1 Å². The van der Waals surface area contributed by atoms with Crippen LogP contribution in [0, 0.1) is 11.8 Å². The van der Waals surface area contributed by atoms with E-state index in [1.165, 1.54) is 0 Å². The lowest BCUT2D eigenvalue weighted by molar-refractivity contribution is -0.151. The Hall–Kier alpha value is -2.10. The Labute approximate surface area is 194 Å². The normalized spacial score (nSPS) is 18.4. The molecule has 10 heteroatoms. The molecule has 4 atom stereocenters. The average Bonchev–Trinajstić information content (AvgIpc) is 2.75. The van der Waals surface area contributed by atoms with E-state index in [4.69, 9.17) is 5.11 Å². The van der Waals surface area contributed by atoms with Crippen LogP contribution < -0.4 is 16.0 Å². The van der Waals surface area contributed by atoms with Crippen LogP contribution in [0.5, 0.6) is 0 Å². The van der Waals surface area contributed by atoms with E-state index < -0.39 is 48.6 Å². The minimum atomic E-state index is -2.98. The summed E-state index contributed by atoms with van der Waals surface area (Å²) in [6, 6.07) is -3.46. The summed E-state index contributed by atoms with van der Waals surface area (Å²) in [5.41, 5.74) is 0. The van der Waals surface area contributed by atoms with E-state index in [2.05, 4.69) is 16.0 Å². The van der Waals surface area contributed by atoms with Gasteiger partial charge in [-0.15, -0.1) is 0 Å². The first-order valence-corrected chi connectivity index (χ1v) is 11.9. The summed E-state index contributed by atoms with van der Waals surface area (Å²) in [6.07, 6.45) is 1.81. The Balaban J connectivity index is 3.07. The Morgan fingerprint density at radius 3 is 2.00 bits per heavy atom. The number of hydrogen-bond acceptors (Lipinski definition) is 5. The fraction of sp³-hybridized carbons (Fsp3) is 0.826. The van der Waals surface area contributed by atoms with Crippen LogP contribution in [-0.2, 0) is 19.2 Å². The van der Waals surface area contributed by atoms with E-state index in [1.807, 2.05) is 27.7 Å². The smallest absolute Gasteiger partial charge is 0.374 e. The third-order valence-corrected chi connectivity index (χ3v) is 6.19. The Bertz CT molecular complexity index is 668. The summed E-state index contributed by atoms with van der Waals surface area (Å²) in [6.45, 7) is 7.67. The van der Waals surface area contributed by atoms with Gasteiger partial charge in [-0.25, -0.2) is 13.6 Å². The highest BCUT2D eigenvalue weighted by atomic mass is 19.3. The van der Waals surface area contributed by atoms with Crippen molar-refractivity contribution in [3.63, 3.8) is 0 Å². The molecule has 0 aromatic rings. The molecule has 0 heterocycles. The van der Waals surface area contributed by atoms with Crippen LogP contribution >= 0.6 is 0 Å². The number of ketones is 1. The lowest BCUT2D eigenvalue weighted by Gasteiger charge is -2.31. The number of halogens is 2. The van der Waals surface area contributed by atoms with Gasteiger partial charge < -0.3 is 21.1 Å². The number of aliphatic carboxylic acids is 1. The zero-order chi connectivity index (χ0) is 25.1. The fourth-order valence-electron chi connectivity index (χ4n) is 4.17. The van der Waals surface area contributed by atoms with E-state index in [0.717, 1.165) is 38.5 Å². The van der Waals surface area contributed by atoms with Gasteiger partial charge in [0.25, 0.3) is 5.78 Å². The minimum absolute atomic E-state index is 0.0176. The Morgan fingerprint density at radius 2 is 1.52 bits per heavy atom.